The van der Waals surface area contributed by atoms with E-state index in [1.807, 2.05) is 84.3 Å². The van der Waals surface area contributed by atoms with Crippen LogP contribution in [0.15, 0.2) is 78.9 Å². The Morgan fingerprint density at radius 1 is 0.703 bits per heavy atom. The van der Waals surface area contributed by atoms with E-state index in [2.05, 4.69) is 29.7 Å². The van der Waals surface area contributed by atoms with Gasteiger partial charge in [0.05, 0.1) is 11.3 Å². The van der Waals surface area contributed by atoms with Gasteiger partial charge in [-0.05, 0) is 73.9 Å². The molecule has 2 amide bonds. The number of hydrogen-bond acceptors (Lipinski definition) is 2. The van der Waals surface area contributed by atoms with E-state index in [-0.39, 0.29) is 11.8 Å². The number of benzene rings is 3. The van der Waals surface area contributed by atoms with Crippen LogP contribution in [0.4, 0.5) is 0 Å². The van der Waals surface area contributed by atoms with Gasteiger partial charge in [0.25, 0.3) is 11.8 Å². The fraction of sp³-hybridized carbons (Fsp3) is 0.226. The van der Waals surface area contributed by atoms with Crippen LogP contribution in [0.1, 0.15) is 37.5 Å². The van der Waals surface area contributed by atoms with E-state index in [1.165, 1.54) is 0 Å². The predicted octanol–water partition coefficient (Wildman–Crippen LogP) is 6.32. The van der Waals surface area contributed by atoms with Crippen molar-refractivity contribution in [2.24, 2.45) is 0 Å². The van der Waals surface area contributed by atoms with Crippen molar-refractivity contribution in [2.75, 3.05) is 26.2 Å². The van der Waals surface area contributed by atoms with Crippen LogP contribution in [0.2, 0.25) is 5.02 Å². The number of amides is 2. The summed E-state index contributed by atoms with van der Waals surface area (Å²) in [5.41, 5.74) is 7.34. The molecular formula is C31H30ClN3O2. The number of carbonyl (C=O) groups is 2. The number of hydrogen-bond donors (Lipinski definition) is 0. The lowest BCUT2D eigenvalue weighted by atomic mass is 10.1. The van der Waals surface area contributed by atoms with E-state index in [0.717, 1.165) is 39.3 Å². The van der Waals surface area contributed by atoms with Crippen molar-refractivity contribution < 1.29 is 9.59 Å². The highest BCUT2D eigenvalue weighted by Gasteiger charge is 2.29. The Morgan fingerprint density at radius 3 is 1.95 bits per heavy atom. The van der Waals surface area contributed by atoms with Gasteiger partial charge in [-0.3, -0.25) is 9.59 Å². The van der Waals surface area contributed by atoms with Gasteiger partial charge in [-0.1, -0.05) is 54.1 Å². The molecule has 5 nitrogen and oxygen atoms in total. The fourth-order valence-electron chi connectivity index (χ4n) is 5.02. The molecule has 37 heavy (non-hydrogen) atoms. The first kappa shape index (κ1) is 24.8. The highest BCUT2D eigenvalue weighted by atomic mass is 35.5. The maximum absolute atomic E-state index is 13.8. The van der Waals surface area contributed by atoms with Crippen molar-refractivity contribution in [2.45, 2.75) is 20.8 Å². The standard InChI is InChI=1S/C31H30ClN3O2/c1-21-7-6-9-26(19-21)35-23(3)28(20-29(35)24-11-13-25(32)14-12-24)31(37)34-17-15-33(16-18-34)30(36)27-10-5-4-8-22(27)2/h4-14,19-20H,15-18H2,1-3H3. The van der Waals surface area contributed by atoms with Gasteiger partial charge in [0, 0.05) is 48.1 Å². The largest absolute Gasteiger partial charge is 0.335 e. The van der Waals surface area contributed by atoms with Gasteiger partial charge < -0.3 is 14.4 Å². The molecule has 0 N–H and O–H groups in total. The van der Waals surface area contributed by atoms with Crippen molar-refractivity contribution in [3.8, 4) is 16.9 Å². The first-order chi connectivity index (χ1) is 17.8. The second-order valence-electron chi connectivity index (χ2n) is 9.61. The van der Waals surface area contributed by atoms with Gasteiger partial charge in [-0.2, -0.15) is 0 Å². The van der Waals surface area contributed by atoms with Crippen molar-refractivity contribution in [3.63, 3.8) is 0 Å². The minimum Gasteiger partial charge on any atom is -0.335 e. The second kappa shape index (κ2) is 10.3. The fourth-order valence-corrected chi connectivity index (χ4v) is 5.15. The Morgan fingerprint density at radius 2 is 1.32 bits per heavy atom. The molecule has 1 saturated heterocycles. The van der Waals surface area contributed by atoms with Crippen molar-refractivity contribution >= 4 is 23.4 Å². The molecule has 0 unspecified atom stereocenters. The highest BCUT2D eigenvalue weighted by Crippen LogP contribution is 2.31. The van der Waals surface area contributed by atoms with Crippen LogP contribution < -0.4 is 0 Å². The van der Waals surface area contributed by atoms with Crippen LogP contribution >= 0.6 is 11.6 Å². The summed E-state index contributed by atoms with van der Waals surface area (Å²) in [5.74, 6) is 0.0131. The van der Waals surface area contributed by atoms with Crippen LogP contribution in [-0.2, 0) is 0 Å². The highest BCUT2D eigenvalue weighted by molar-refractivity contribution is 6.30. The van der Waals surface area contributed by atoms with Gasteiger partial charge in [-0.15, -0.1) is 0 Å². The molecule has 1 aromatic heterocycles. The summed E-state index contributed by atoms with van der Waals surface area (Å²) in [5, 5.41) is 0.670. The van der Waals surface area contributed by atoms with E-state index < -0.39 is 0 Å². The Hall–Kier alpha value is -3.83. The van der Waals surface area contributed by atoms with Gasteiger partial charge in [-0.25, -0.2) is 0 Å². The monoisotopic (exact) mass is 511 g/mol. The quantitative estimate of drug-likeness (QED) is 0.322. The Labute approximate surface area is 222 Å². The zero-order valence-electron chi connectivity index (χ0n) is 21.4. The number of aromatic nitrogens is 1. The van der Waals surface area contributed by atoms with Crippen LogP contribution in [0, 0.1) is 20.8 Å². The van der Waals surface area contributed by atoms with Gasteiger partial charge in [0.2, 0.25) is 0 Å². The molecule has 5 rings (SSSR count). The van der Waals surface area contributed by atoms with Gasteiger partial charge >= 0.3 is 0 Å². The molecule has 6 heteroatoms. The zero-order valence-corrected chi connectivity index (χ0v) is 22.1. The molecule has 4 aromatic rings. The third kappa shape index (κ3) is 4.92. The molecule has 1 aliphatic heterocycles. The first-order valence-electron chi connectivity index (χ1n) is 12.5. The summed E-state index contributed by atoms with van der Waals surface area (Å²) in [4.78, 5) is 30.5. The van der Waals surface area contributed by atoms with Crippen LogP contribution in [-0.4, -0.2) is 52.4 Å². The number of piperazine rings is 1. The Kier molecular flexibility index (Phi) is 6.90. The topological polar surface area (TPSA) is 45.6 Å². The lowest BCUT2D eigenvalue weighted by molar-refractivity contribution is 0.0534. The molecule has 188 valence electrons. The summed E-state index contributed by atoms with van der Waals surface area (Å²) in [6.07, 6.45) is 0. The second-order valence-corrected chi connectivity index (χ2v) is 10.0. The van der Waals surface area contributed by atoms with Crippen molar-refractivity contribution in [1.82, 2.24) is 14.4 Å². The molecule has 0 bridgehead atoms. The first-order valence-corrected chi connectivity index (χ1v) is 12.9. The van der Waals surface area contributed by atoms with E-state index in [9.17, 15) is 9.59 Å². The van der Waals surface area contributed by atoms with E-state index >= 15 is 0 Å². The average molecular weight is 512 g/mol. The normalized spacial score (nSPS) is 13.6. The number of halogens is 1. The molecule has 1 aliphatic rings. The minimum atomic E-state index is -0.0119. The zero-order chi connectivity index (χ0) is 26.1. The van der Waals surface area contributed by atoms with Crippen molar-refractivity contribution in [3.05, 3.63) is 112 Å². The maximum atomic E-state index is 13.8. The third-order valence-electron chi connectivity index (χ3n) is 7.11. The smallest absolute Gasteiger partial charge is 0.255 e. The average Bonchev–Trinajstić information content (AvgIpc) is 3.25. The predicted molar refractivity (Wildman–Crippen MR) is 149 cm³/mol. The summed E-state index contributed by atoms with van der Waals surface area (Å²) in [6.45, 7) is 8.04. The molecular weight excluding hydrogens is 482 g/mol. The van der Waals surface area contributed by atoms with Gasteiger partial charge in [0.1, 0.15) is 0 Å². The number of carbonyl (C=O) groups excluding carboxylic acids is 2. The molecule has 0 radical (unpaired) electrons. The van der Waals surface area contributed by atoms with Crippen LogP contribution in [0.3, 0.4) is 0 Å². The molecule has 1 fully saturated rings. The summed E-state index contributed by atoms with van der Waals surface area (Å²) >= 11 is 6.15. The Bertz CT molecular complexity index is 1460. The van der Waals surface area contributed by atoms with Gasteiger partial charge in [0.15, 0.2) is 0 Å². The summed E-state index contributed by atoms with van der Waals surface area (Å²) in [7, 11) is 0. The third-order valence-corrected chi connectivity index (χ3v) is 7.36. The van der Waals surface area contributed by atoms with E-state index in [0.29, 0.717) is 36.8 Å². The SMILES string of the molecule is Cc1cccc(-n2c(-c3ccc(Cl)cc3)cc(C(=O)N3CCN(C(=O)c4ccccc4C)CC3)c2C)c1. The van der Waals surface area contributed by atoms with Crippen LogP contribution in [0.5, 0.6) is 0 Å². The number of aryl methyl sites for hydroxylation is 2. The van der Waals surface area contributed by atoms with Crippen LogP contribution in [0.25, 0.3) is 16.9 Å². The van der Waals surface area contributed by atoms with Crippen molar-refractivity contribution in [1.29, 1.82) is 0 Å². The molecule has 2 heterocycles. The Balaban J connectivity index is 1.43. The van der Waals surface area contributed by atoms with E-state index in [1.54, 1.807) is 0 Å². The summed E-state index contributed by atoms with van der Waals surface area (Å²) < 4.78 is 2.14. The number of rotatable bonds is 4. The maximum Gasteiger partial charge on any atom is 0.255 e. The molecule has 0 aliphatic carbocycles. The molecule has 3 aromatic carbocycles. The minimum absolute atomic E-state index is 0.0119. The molecule has 0 saturated carbocycles. The number of nitrogens with zero attached hydrogens (tertiary/aromatic N) is 3. The summed E-state index contributed by atoms with van der Waals surface area (Å²) in [6, 6.07) is 25.6. The molecule has 0 spiro atoms. The van der Waals surface area contributed by atoms with E-state index in [4.69, 9.17) is 11.6 Å². The lowest BCUT2D eigenvalue weighted by Gasteiger charge is -2.35. The molecule has 0 atom stereocenters. The lowest BCUT2D eigenvalue weighted by Crippen LogP contribution is -2.50.